The second kappa shape index (κ2) is 9.31. The van der Waals surface area contributed by atoms with E-state index in [1.54, 1.807) is 20.8 Å². The number of hydrogen-bond acceptors (Lipinski definition) is 6. The van der Waals surface area contributed by atoms with E-state index in [-0.39, 0.29) is 29.2 Å². The summed E-state index contributed by atoms with van der Waals surface area (Å²) in [5, 5.41) is 0. The van der Waals surface area contributed by atoms with Crippen LogP contribution >= 0.6 is 0 Å². The van der Waals surface area contributed by atoms with Gasteiger partial charge in [0.2, 0.25) is 5.78 Å². The van der Waals surface area contributed by atoms with Gasteiger partial charge in [-0.25, -0.2) is 9.59 Å². The Hall–Kier alpha value is -3.23. The molecule has 9 heteroatoms. The van der Waals surface area contributed by atoms with Gasteiger partial charge in [-0.3, -0.25) is 4.79 Å². The van der Waals surface area contributed by atoms with Crippen molar-refractivity contribution in [3.8, 4) is 5.75 Å². The molecular weight excluding hydrogens is 388 g/mol. The summed E-state index contributed by atoms with van der Waals surface area (Å²) in [7, 11) is 0. The van der Waals surface area contributed by atoms with Gasteiger partial charge in [-0.05, 0) is 45.4 Å². The van der Waals surface area contributed by atoms with E-state index in [0.717, 1.165) is 0 Å². The maximum Gasteiger partial charge on any atom is 0.387 e. The van der Waals surface area contributed by atoms with Crippen molar-refractivity contribution in [2.45, 2.75) is 40.4 Å². The number of aromatic amines is 1. The quantitative estimate of drug-likeness (QED) is 0.526. The van der Waals surface area contributed by atoms with E-state index in [0.29, 0.717) is 11.3 Å². The lowest BCUT2D eigenvalue weighted by atomic mass is 10.1. The summed E-state index contributed by atoms with van der Waals surface area (Å²) in [4.78, 5) is 40.0. The highest BCUT2D eigenvalue weighted by molar-refractivity contribution is 6.04. The lowest BCUT2D eigenvalue weighted by Crippen LogP contribution is -2.25. The number of alkyl halides is 2. The number of carbonyl (C=O) groups excluding carboxylic acids is 3. The Balaban J connectivity index is 2.21. The summed E-state index contributed by atoms with van der Waals surface area (Å²) in [5.41, 5.74) is 0.917. The minimum Gasteiger partial charge on any atom is -0.462 e. The highest BCUT2D eigenvalue weighted by atomic mass is 19.3. The number of carbonyl (C=O) groups is 3. The number of halogens is 2. The van der Waals surface area contributed by atoms with Crippen LogP contribution in [0.15, 0.2) is 24.3 Å². The number of ether oxygens (including phenoxy) is 3. The molecule has 1 atom stereocenters. The second-order valence-electron chi connectivity index (χ2n) is 6.13. The lowest BCUT2D eigenvalue weighted by molar-refractivity contribution is -0.0505. The average Bonchev–Trinajstić information content (AvgIpc) is 2.95. The van der Waals surface area contributed by atoms with Gasteiger partial charge in [0.25, 0.3) is 0 Å². The van der Waals surface area contributed by atoms with Crippen molar-refractivity contribution in [2.24, 2.45) is 0 Å². The third-order valence-corrected chi connectivity index (χ3v) is 4.14. The van der Waals surface area contributed by atoms with Crippen molar-refractivity contribution < 1.29 is 37.4 Å². The van der Waals surface area contributed by atoms with E-state index in [9.17, 15) is 23.2 Å². The molecule has 0 aliphatic rings. The average molecular weight is 409 g/mol. The zero-order valence-corrected chi connectivity index (χ0v) is 16.4. The maximum absolute atomic E-state index is 12.7. The Labute approximate surface area is 166 Å². The van der Waals surface area contributed by atoms with E-state index >= 15 is 0 Å². The summed E-state index contributed by atoms with van der Waals surface area (Å²) in [6.45, 7) is 3.26. The van der Waals surface area contributed by atoms with Crippen LogP contribution in [0.2, 0.25) is 0 Å². The first-order valence-electron chi connectivity index (χ1n) is 8.82. The molecule has 156 valence electrons. The first kappa shape index (κ1) is 22.1. The zero-order chi connectivity index (χ0) is 21.7. The van der Waals surface area contributed by atoms with E-state index < -0.39 is 30.4 Å². The van der Waals surface area contributed by atoms with Crippen LogP contribution in [0.25, 0.3) is 0 Å². The molecular formula is C20H21F2NO6. The van der Waals surface area contributed by atoms with Crippen LogP contribution in [-0.2, 0) is 9.47 Å². The Kier molecular flexibility index (Phi) is 7.08. The van der Waals surface area contributed by atoms with Gasteiger partial charge >= 0.3 is 18.6 Å². The van der Waals surface area contributed by atoms with Gasteiger partial charge in [0.15, 0.2) is 6.10 Å². The first-order valence-corrected chi connectivity index (χ1v) is 8.82. The Morgan fingerprint density at radius 3 is 2.38 bits per heavy atom. The van der Waals surface area contributed by atoms with E-state index in [1.807, 2.05) is 0 Å². The molecule has 0 aliphatic carbocycles. The van der Waals surface area contributed by atoms with Crippen molar-refractivity contribution in [3.63, 3.8) is 0 Å². The fraction of sp³-hybridized carbons (Fsp3) is 0.350. The number of benzene rings is 1. The number of para-hydroxylation sites is 1. The van der Waals surface area contributed by atoms with Crippen LogP contribution in [0, 0.1) is 13.8 Å². The van der Waals surface area contributed by atoms with Gasteiger partial charge in [-0.2, -0.15) is 8.78 Å². The second-order valence-corrected chi connectivity index (χ2v) is 6.13. The number of rotatable bonds is 8. The summed E-state index contributed by atoms with van der Waals surface area (Å²) >= 11 is 0. The third kappa shape index (κ3) is 4.98. The number of aryl methyl sites for hydroxylation is 1. The summed E-state index contributed by atoms with van der Waals surface area (Å²) < 4.78 is 39.4. The molecule has 7 nitrogen and oxygen atoms in total. The molecule has 0 aliphatic heterocycles. The predicted octanol–water partition coefficient (Wildman–Crippen LogP) is 3.84. The van der Waals surface area contributed by atoms with Gasteiger partial charge in [0.05, 0.1) is 17.9 Å². The highest BCUT2D eigenvalue weighted by Gasteiger charge is 2.28. The Morgan fingerprint density at radius 1 is 1.10 bits per heavy atom. The largest absolute Gasteiger partial charge is 0.462 e. The number of esters is 2. The van der Waals surface area contributed by atoms with Crippen LogP contribution in [-0.4, -0.2) is 42.0 Å². The van der Waals surface area contributed by atoms with Crippen molar-refractivity contribution in [1.82, 2.24) is 4.98 Å². The molecule has 0 radical (unpaired) electrons. The third-order valence-electron chi connectivity index (χ3n) is 4.14. The normalized spacial score (nSPS) is 11.8. The number of ketones is 1. The smallest absolute Gasteiger partial charge is 0.387 e. The first-order chi connectivity index (χ1) is 13.7. The summed E-state index contributed by atoms with van der Waals surface area (Å²) in [5.74, 6) is -2.50. The highest BCUT2D eigenvalue weighted by Crippen LogP contribution is 2.24. The molecule has 1 aromatic carbocycles. The minimum absolute atomic E-state index is 0.1000. The molecule has 0 unspecified atom stereocenters. The maximum atomic E-state index is 12.7. The zero-order valence-electron chi connectivity index (χ0n) is 16.4. The Bertz CT molecular complexity index is 922. The number of aromatic nitrogens is 1. The molecule has 2 aromatic rings. The van der Waals surface area contributed by atoms with Crippen molar-refractivity contribution in [1.29, 1.82) is 0 Å². The van der Waals surface area contributed by atoms with Gasteiger partial charge in [-0.1, -0.05) is 12.1 Å². The molecule has 0 amide bonds. The number of nitrogens with one attached hydrogen (secondary N) is 1. The number of hydrogen-bond donors (Lipinski definition) is 1. The van der Waals surface area contributed by atoms with Crippen LogP contribution in [0.1, 0.15) is 56.3 Å². The van der Waals surface area contributed by atoms with Crippen molar-refractivity contribution >= 4 is 17.7 Å². The fourth-order valence-corrected chi connectivity index (χ4v) is 2.82. The molecule has 0 saturated carbocycles. The monoisotopic (exact) mass is 409 g/mol. The van der Waals surface area contributed by atoms with Crippen LogP contribution in [0.5, 0.6) is 5.75 Å². The van der Waals surface area contributed by atoms with E-state index in [2.05, 4.69) is 9.72 Å². The molecule has 0 saturated heterocycles. The van der Waals surface area contributed by atoms with Gasteiger partial charge < -0.3 is 19.2 Å². The van der Waals surface area contributed by atoms with E-state index in [4.69, 9.17) is 9.47 Å². The molecule has 29 heavy (non-hydrogen) atoms. The molecule has 2 rings (SSSR count). The number of H-pyrrole nitrogens is 1. The molecule has 0 fully saturated rings. The van der Waals surface area contributed by atoms with Gasteiger partial charge in [-0.15, -0.1) is 0 Å². The summed E-state index contributed by atoms with van der Waals surface area (Å²) in [6.07, 6.45) is -1.24. The Morgan fingerprint density at radius 2 is 1.76 bits per heavy atom. The van der Waals surface area contributed by atoms with Crippen molar-refractivity contribution in [2.75, 3.05) is 6.61 Å². The fourth-order valence-electron chi connectivity index (χ4n) is 2.82. The molecule has 1 heterocycles. The SMILES string of the molecule is CCOC(=O)c1c(C)[nH]c(C(=O)[C@@H](C)OC(=O)c2ccccc2OC(F)F)c1C. The van der Waals surface area contributed by atoms with Crippen LogP contribution < -0.4 is 4.74 Å². The molecule has 1 aromatic heterocycles. The van der Waals surface area contributed by atoms with Crippen molar-refractivity contribution in [3.05, 3.63) is 52.3 Å². The minimum atomic E-state index is -3.12. The standard InChI is InChI=1S/C20H21F2NO6/c1-5-27-19(26)15-10(2)16(23-11(15)3)17(24)12(4)28-18(25)13-8-6-7-9-14(13)29-20(21)22/h6-9,12,20,23H,5H2,1-4H3/t12-/m1/s1. The molecule has 1 N–H and O–H groups in total. The summed E-state index contributed by atoms with van der Waals surface area (Å²) in [6, 6.07) is 5.32. The topological polar surface area (TPSA) is 94.7 Å². The van der Waals surface area contributed by atoms with Gasteiger partial charge in [0, 0.05) is 5.69 Å². The molecule has 0 spiro atoms. The van der Waals surface area contributed by atoms with Crippen LogP contribution in [0.3, 0.4) is 0 Å². The van der Waals surface area contributed by atoms with Gasteiger partial charge in [0.1, 0.15) is 11.3 Å². The predicted molar refractivity (Wildman–Crippen MR) is 98.5 cm³/mol. The van der Waals surface area contributed by atoms with Crippen LogP contribution in [0.4, 0.5) is 8.78 Å². The number of Topliss-reactive ketones (excluding diaryl/α,β-unsaturated/α-hetero) is 1. The lowest BCUT2D eigenvalue weighted by Gasteiger charge is -2.14. The van der Waals surface area contributed by atoms with E-state index in [1.165, 1.54) is 31.2 Å². The molecule has 0 bridgehead atoms.